The normalized spacial score (nSPS) is 31.6. The zero-order chi connectivity index (χ0) is 26.2. The molecule has 13 nitrogen and oxygen atoms in total. The fraction of sp³-hybridized carbons (Fsp3) is 0.522. The summed E-state index contributed by atoms with van der Waals surface area (Å²) in [5.74, 6) is -1.31. The van der Waals surface area contributed by atoms with Gasteiger partial charge in [-0.25, -0.2) is 14.5 Å². The lowest BCUT2D eigenvalue weighted by molar-refractivity contribution is -0.157. The molecule has 4 aliphatic heterocycles. The lowest BCUT2D eigenvalue weighted by atomic mass is 9.66. The second-order valence-corrected chi connectivity index (χ2v) is 10.1. The van der Waals surface area contributed by atoms with Gasteiger partial charge in [-0.15, -0.1) is 0 Å². The first-order valence-electron chi connectivity index (χ1n) is 11.8. The van der Waals surface area contributed by atoms with E-state index in [0.29, 0.717) is 27.5 Å². The number of methoxy groups -OCH3 is 1. The molecule has 196 valence electrons. The number of morpholine rings is 1. The van der Waals surface area contributed by atoms with Gasteiger partial charge in [0.2, 0.25) is 5.91 Å². The Balaban J connectivity index is 1.53. The third-order valence-corrected chi connectivity index (χ3v) is 7.84. The first-order valence-corrected chi connectivity index (χ1v) is 12.2. The Morgan fingerprint density at radius 1 is 1.24 bits per heavy atom. The summed E-state index contributed by atoms with van der Waals surface area (Å²) >= 11 is 6.06. The molecule has 1 N–H and O–H groups in total. The number of amides is 5. The van der Waals surface area contributed by atoms with Crippen LogP contribution >= 0.6 is 11.8 Å². The molecule has 5 heterocycles. The number of nitrogens with one attached hydrogen (secondary N) is 1. The van der Waals surface area contributed by atoms with Crippen molar-refractivity contribution in [3.63, 3.8) is 0 Å². The molecule has 0 radical (unpaired) electrons. The summed E-state index contributed by atoms with van der Waals surface area (Å²) < 4.78 is 22.5. The summed E-state index contributed by atoms with van der Waals surface area (Å²) in [5.41, 5.74) is 0.0649. The van der Waals surface area contributed by atoms with Crippen LogP contribution in [0, 0.1) is 5.41 Å². The molecule has 2 aromatic rings. The summed E-state index contributed by atoms with van der Waals surface area (Å²) in [6.45, 7) is 4.42. The van der Waals surface area contributed by atoms with Gasteiger partial charge in [0.1, 0.15) is 6.61 Å². The van der Waals surface area contributed by atoms with Crippen LogP contribution in [0.5, 0.6) is 0 Å². The Labute approximate surface area is 215 Å². The van der Waals surface area contributed by atoms with Gasteiger partial charge in [-0.05, 0) is 31.9 Å². The van der Waals surface area contributed by atoms with Gasteiger partial charge in [-0.3, -0.25) is 14.9 Å². The highest BCUT2D eigenvalue weighted by Gasteiger charge is 2.64. The molecule has 6 rings (SSSR count). The Kier molecular flexibility index (Phi) is 5.37. The minimum absolute atomic E-state index is 0.0563. The first-order chi connectivity index (χ1) is 17.7. The number of carbonyl (C=O) groups is 4. The highest BCUT2D eigenvalue weighted by Crippen LogP contribution is 2.49. The molecule has 4 aliphatic rings. The number of cyclic esters (lactones) is 1. The summed E-state index contributed by atoms with van der Waals surface area (Å²) in [6.07, 6.45) is -1.39. The van der Waals surface area contributed by atoms with Crippen molar-refractivity contribution < 1.29 is 37.9 Å². The molecule has 1 spiro atoms. The number of anilines is 2. The van der Waals surface area contributed by atoms with E-state index in [1.165, 1.54) is 12.0 Å². The van der Waals surface area contributed by atoms with Gasteiger partial charge in [0.15, 0.2) is 16.8 Å². The van der Waals surface area contributed by atoms with Crippen molar-refractivity contribution in [2.24, 2.45) is 5.41 Å². The van der Waals surface area contributed by atoms with Gasteiger partial charge in [-0.2, -0.15) is 4.42 Å². The maximum Gasteiger partial charge on any atom is 0.416 e. The fourth-order valence-electron chi connectivity index (χ4n) is 6.11. The zero-order valence-corrected chi connectivity index (χ0v) is 21.0. The van der Waals surface area contributed by atoms with Crippen molar-refractivity contribution in [1.29, 1.82) is 0 Å². The van der Waals surface area contributed by atoms with Crippen LogP contribution < -0.4 is 15.1 Å². The van der Waals surface area contributed by atoms with Crippen molar-refractivity contribution in [3.05, 3.63) is 17.7 Å². The molecule has 1 aromatic heterocycles. The SMILES string of the molecule is COCC1COC(=O)N1c1noc2cc3c(cc12)CC1(C(=O)NC(=O)N(Cl)C1=O)[C@H]1[C@H](C)O[C@H](C)CN31. The van der Waals surface area contributed by atoms with E-state index in [2.05, 4.69) is 10.5 Å². The average molecular weight is 534 g/mol. The molecule has 0 aliphatic carbocycles. The number of hydrogen-bond donors (Lipinski definition) is 1. The van der Waals surface area contributed by atoms with Gasteiger partial charge < -0.3 is 23.6 Å². The Hall–Kier alpha value is -3.42. The van der Waals surface area contributed by atoms with Crippen LogP contribution in [-0.4, -0.2) is 84.7 Å². The van der Waals surface area contributed by atoms with Crippen LogP contribution in [0.4, 0.5) is 21.1 Å². The van der Waals surface area contributed by atoms with Gasteiger partial charge in [0, 0.05) is 37.2 Å². The zero-order valence-electron chi connectivity index (χ0n) is 20.2. The highest BCUT2D eigenvalue weighted by atomic mass is 35.5. The number of urea groups is 1. The van der Waals surface area contributed by atoms with Crippen molar-refractivity contribution in [2.45, 2.75) is 44.6 Å². The number of carbonyl (C=O) groups excluding carboxylic acids is 4. The van der Waals surface area contributed by atoms with E-state index in [-0.39, 0.29) is 31.6 Å². The Morgan fingerprint density at radius 3 is 2.78 bits per heavy atom. The lowest BCUT2D eigenvalue weighted by Gasteiger charge is -2.55. The van der Waals surface area contributed by atoms with Crippen LogP contribution in [0.25, 0.3) is 11.0 Å². The molecule has 0 saturated carbocycles. The van der Waals surface area contributed by atoms with E-state index in [9.17, 15) is 19.2 Å². The van der Waals surface area contributed by atoms with Gasteiger partial charge in [0.25, 0.3) is 5.91 Å². The number of benzene rings is 1. The number of rotatable bonds is 3. The monoisotopic (exact) mass is 533 g/mol. The van der Waals surface area contributed by atoms with Crippen LogP contribution in [0.1, 0.15) is 19.4 Å². The quantitative estimate of drug-likeness (QED) is 0.456. The number of aromatic nitrogens is 1. The van der Waals surface area contributed by atoms with Crippen LogP contribution in [0.2, 0.25) is 0 Å². The summed E-state index contributed by atoms with van der Waals surface area (Å²) in [4.78, 5) is 55.0. The highest BCUT2D eigenvalue weighted by molar-refractivity contribution is 6.36. The van der Waals surface area contributed by atoms with E-state index in [4.69, 9.17) is 30.5 Å². The Bertz CT molecular complexity index is 1350. The summed E-state index contributed by atoms with van der Waals surface area (Å²) in [5, 5.41) is 6.88. The van der Waals surface area contributed by atoms with Crippen LogP contribution in [0.15, 0.2) is 16.7 Å². The molecule has 5 atom stereocenters. The topological polar surface area (TPSA) is 144 Å². The molecule has 0 bridgehead atoms. The van der Waals surface area contributed by atoms with Gasteiger partial charge in [0.05, 0.1) is 36.3 Å². The fourth-order valence-corrected chi connectivity index (χ4v) is 6.30. The molecule has 1 aromatic carbocycles. The molecule has 14 heteroatoms. The minimum atomic E-state index is -1.72. The van der Waals surface area contributed by atoms with E-state index < -0.39 is 47.5 Å². The van der Waals surface area contributed by atoms with Crippen molar-refractivity contribution in [3.8, 4) is 0 Å². The second kappa shape index (κ2) is 8.30. The molecular weight excluding hydrogens is 510 g/mol. The number of hydrogen-bond acceptors (Lipinski definition) is 10. The number of barbiturate groups is 1. The van der Waals surface area contributed by atoms with E-state index in [1.54, 1.807) is 19.1 Å². The molecule has 3 fully saturated rings. The molecular formula is C23H24ClN5O8. The van der Waals surface area contributed by atoms with E-state index in [0.717, 1.165) is 5.69 Å². The number of ether oxygens (including phenoxy) is 3. The van der Waals surface area contributed by atoms with Gasteiger partial charge in [-0.1, -0.05) is 5.16 Å². The molecule has 3 saturated heterocycles. The predicted molar refractivity (Wildman–Crippen MR) is 127 cm³/mol. The number of nitrogens with zero attached hydrogens (tertiary/aromatic N) is 4. The van der Waals surface area contributed by atoms with Crippen LogP contribution in [0.3, 0.4) is 0 Å². The maximum atomic E-state index is 13.6. The number of imide groups is 2. The largest absolute Gasteiger partial charge is 0.447 e. The smallest absolute Gasteiger partial charge is 0.416 e. The van der Waals surface area contributed by atoms with Crippen molar-refractivity contribution in [2.75, 3.05) is 36.7 Å². The van der Waals surface area contributed by atoms with Gasteiger partial charge >= 0.3 is 12.1 Å². The van der Waals surface area contributed by atoms with E-state index in [1.807, 2.05) is 11.8 Å². The molecule has 2 unspecified atom stereocenters. The number of halogens is 1. The van der Waals surface area contributed by atoms with Crippen molar-refractivity contribution in [1.82, 2.24) is 14.9 Å². The predicted octanol–water partition coefficient (Wildman–Crippen LogP) is 1.56. The van der Waals surface area contributed by atoms with E-state index >= 15 is 0 Å². The lowest BCUT2D eigenvalue weighted by Crippen LogP contribution is -2.74. The second-order valence-electron chi connectivity index (χ2n) is 9.78. The molecule has 37 heavy (non-hydrogen) atoms. The average Bonchev–Trinajstić information content (AvgIpc) is 3.42. The summed E-state index contributed by atoms with van der Waals surface area (Å²) in [6, 6.07) is 1.40. The minimum Gasteiger partial charge on any atom is -0.447 e. The van der Waals surface area contributed by atoms with Crippen LogP contribution in [-0.2, 0) is 30.2 Å². The first kappa shape index (κ1) is 23.9. The Morgan fingerprint density at radius 2 is 2.03 bits per heavy atom. The summed E-state index contributed by atoms with van der Waals surface area (Å²) in [7, 11) is 1.52. The molecule has 5 amide bonds. The van der Waals surface area contributed by atoms with Crippen molar-refractivity contribution >= 4 is 58.2 Å². The third kappa shape index (κ3) is 3.27. The number of fused-ring (bicyclic) bond motifs is 5. The standard InChI is InChI=1S/C23H24ClN5O8/c1-10-7-27-15-5-16-14(18(26-37-16)28-13(8-34-3)9-35-22(28)33)4-12(15)6-23(17(27)11(2)36-10)19(30)25-21(32)29(24)20(23)31/h4-5,10-11,13,17H,6-9H2,1-3H3,(H,25,30,32)/t10-,11+,13?,17-,23?/m1/s1. The third-order valence-electron chi connectivity index (χ3n) is 7.53. The maximum absolute atomic E-state index is 13.6.